The number of fused-ring (bicyclic) bond motifs is 2. The van der Waals surface area contributed by atoms with Crippen molar-refractivity contribution in [3.8, 4) is 0 Å². The number of aryl methyl sites for hydroxylation is 1. The molecule has 34 heavy (non-hydrogen) atoms. The van der Waals surface area contributed by atoms with Crippen molar-refractivity contribution in [2.45, 2.75) is 36.9 Å². The second-order valence-corrected chi connectivity index (χ2v) is 11.7. The lowest BCUT2D eigenvalue weighted by atomic mass is 10.1. The monoisotopic (exact) mass is 491 g/mol. The maximum Gasteiger partial charge on any atom is 0.323 e. The van der Waals surface area contributed by atoms with E-state index in [4.69, 9.17) is 11.6 Å². The molecule has 3 amide bonds. The number of rotatable bonds is 3. The Bertz CT molecular complexity index is 1280. The van der Waals surface area contributed by atoms with E-state index in [9.17, 15) is 9.59 Å². The molecule has 1 saturated heterocycles. The van der Waals surface area contributed by atoms with Gasteiger partial charge in [0.15, 0.2) is 4.87 Å². The zero-order chi connectivity index (χ0) is 24.1. The van der Waals surface area contributed by atoms with Crippen LogP contribution in [0.2, 0.25) is 5.02 Å². The van der Waals surface area contributed by atoms with Gasteiger partial charge in [-0.2, -0.15) is 0 Å². The topological polar surface area (TPSA) is 52.7 Å². The molecule has 0 bridgehead atoms. The van der Waals surface area contributed by atoms with Crippen molar-refractivity contribution in [1.29, 1.82) is 0 Å². The van der Waals surface area contributed by atoms with Crippen LogP contribution in [0.3, 0.4) is 0 Å². The van der Waals surface area contributed by atoms with Crippen molar-refractivity contribution in [3.05, 3.63) is 94.5 Å². The van der Waals surface area contributed by atoms with Crippen LogP contribution in [0.4, 0.5) is 16.2 Å². The molecule has 174 valence electrons. The summed E-state index contributed by atoms with van der Waals surface area (Å²) >= 11 is 7.55. The fourth-order valence-corrected chi connectivity index (χ4v) is 6.65. The number of carbonyl (C=O) groups is 2. The Balaban J connectivity index is 1.56. The summed E-state index contributed by atoms with van der Waals surface area (Å²) in [6.45, 7) is 7.11. The van der Waals surface area contributed by atoms with Crippen LogP contribution in [-0.4, -0.2) is 28.1 Å². The third-order valence-corrected chi connectivity index (χ3v) is 8.21. The van der Waals surface area contributed by atoms with Gasteiger partial charge in [-0.25, -0.2) is 4.79 Å². The number of urea groups is 1. The van der Waals surface area contributed by atoms with Crippen molar-refractivity contribution in [2.75, 3.05) is 16.8 Å². The van der Waals surface area contributed by atoms with E-state index in [2.05, 4.69) is 32.2 Å². The first-order valence-electron chi connectivity index (χ1n) is 11.2. The van der Waals surface area contributed by atoms with E-state index in [1.54, 1.807) is 40.9 Å². The molecule has 1 atom stereocenters. The Morgan fingerprint density at radius 3 is 2.44 bits per heavy atom. The third-order valence-electron chi connectivity index (χ3n) is 6.37. The number of amides is 3. The van der Waals surface area contributed by atoms with Crippen LogP contribution >= 0.6 is 23.4 Å². The molecule has 1 N–H and O–H groups in total. The van der Waals surface area contributed by atoms with E-state index in [1.165, 1.54) is 0 Å². The van der Waals surface area contributed by atoms with Crippen LogP contribution in [0.25, 0.3) is 0 Å². The van der Waals surface area contributed by atoms with Crippen molar-refractivity contribution in [3.63, 3.8) is 0 Å². The first kappa shape index (κ1) is 22.8. The van der Waals surface area contributed by atoms with Gasteiger partial charge in [0.25, 0.3) is 5.91 Å². The minimum absolute atomic E-state index is 0.0845. The van der Waals surface area contributed by atoms with Crippen molar-refractivity contribution in [2.24, 2.45) is 0 Å². The Morgan fingerprint density at radius 1 is 1.03 bits per heavy atom. The molecule has 5 nitrogen and oxygen atoms in total. The highest BCUT2D eigenvalue weighted by Crippen LogP contribution is 2.59. The summed E-state index contributed by atoms with van der Waals surface area (Å²) in [5.74, 6) is -0.0845. The zero-order valence-electron chi connectivity index (χ0n) is 19.3. The Morgan fingerprint density at radius 2 is 1.71 bits per heavy atom. The van der Waals surface area contributed by atoms with Gasteiger partial charge >= 0.3 is 6.03 Å². The summed E-state index contributed by atoms with van der Waals surface area (Å²) in [6.07, 6.45) is 0. The van der Waals surface area contributed by atoms with Gasteiger partial charge in [0.05, 0.1) is 12.2 Å². The van der Waals surface area contributed by atoms with E-state index in [1.807, 2.05) is 47.4 Å². The van der Waals surface area contributed by atoms with E-state index in [0.717, 1.165) is 22.4 Å². The molecule has 0 aromatic heterocycles. The minimum atomic E-state index is -1.13. The zero-order valence-corrected chi connectivity index (χ0v) is 20.9. The normalized spacial score (nSPS) is 20.6. The average Bonchev–Trinajstić information content (AvgIpc) is 3.23. The maximum atomic E-state index is 14.3. The maximum absolute atomic E-state index is 14.3. The summed E-state index contributed by atoms with van der Waals surface area (Å²) in [5, 5.41) is 3.57. The van der Waals surface area contributed by atoms with Gasteiger partial charge in [0.1, 0.15) is 0 Å². The van der Waals surface area contributed by atoms with Gasteiger partial charge in [-0.3, -0.25) is 9.69 Å². The Hall–Kier alpha value is -2.96. The number of para-hydroxylation sites is 1. The van der Waals surface area contributed by atoms with E-state index < -0.39 is 4.87 Å². The highest BCUT2D eigenvalue weighted by Gasteiger charge is 2.63. The highest BCUT2D eigenvalue weighted by molar-refractivity contribution is 8.02. The summed E-state index contributed by atoms with van der Waals surface area (Å²) < 4.78 is -0.307. The second kappa shape index (κ2) is 8.36. The number of hydrogen-bond acceptors (Lipinski definition) is 3. The van der Waals surface area contributed by atoms with Crippen molar-refractivity contribution >= 4 is 46.7 Å². The standard InChI is InChI=1S/C27H26ClN3O2S/c1-18-8-4-5-9-19(18)16-30-23-11-7-6-10-22(23)27(24(30)32)31(17-26(2,3)34-27)25(33)29-21-14-12-20(28)13-15-21/h4-15H,16-17H2,1-3H3,(H,29,33)/t27-/m1/s1. The molecule has 0 radical (unpaired) electrons. The number of thioether (sulfide) groups is 1. The number of halogens is 1. The number of anilines is 2. The van der Waals surface area contributed by atoms with Crippen LogP contribution in [0.15, 0.2) is 72.8 Å². The van der Waals surface area contributed by atoms with Gasteiger partial charge in [-0.1, -0.05) is 54.1 Å². The molecular formula is C27H26ClN3O2S. The first-order chi connectivity index (χ1) is 16.2. The predicted molar refractivity (Wildman–Crippen MR) is 139 cm³/mol. The fourth-order valence-electron chi connectivity index (χ4n) is 4.80. The lowest BCUT2D eigenvalue weighted by Gasteiger charge is -2.33. The molecule has 2 heterocycles. The molecule has 1 spiro atoms. The molecule has 2 aliphatic rings. The summed E-state index contributed by atoms with van der Waals surface area (Å²) in [6, 6.07) is 22.6. The summed E-state index contributed by atoms with van der Waals surface area (Å²) in [7, 11) is 0. The van der Waals surface area contributed by atoms with E-state index in [0.29, 0.717) is 23.8 Å². The van der Waals surface area contributed by atoms with Gasteiger partial charge in [0, 0.05) is 27.6 Å². The van der Waals surface area contributed by atoms with Crippen LogP contribution in [0.5, 0.6) is 0 Å². The third kappa shape index (κ3) is 3.75. The number of carbonyl (C=O) groups excluding carboxylic acids is 2. The van der Waals surface area contributed by atoms with Crippen LogP contribution < -0.4 is 10.2 Å². The molecule has 3 aromatic rings. The van der Waals surface area contributed by atoms with Crippen molar-refractivity contribution in [1.82, 2.24) is 4.90 Å². The van der Waals surface area contributed by atoms with Crippen LogP contribution in [-0.2, 0) is 16.2 Å². The summed E-state index contributed by atoms with van der Waals surface area (Å²) in [5.41, 5.74) is 4.56. The molecule has 3 aromatic carbocycles. The van der Waals surface area contributed by atoms with E-state index >= 15 is 0 Å². The molecule has 0 unspecified atom stereocenters. The Labute approximate surface area is 209 Å². The number of hydrogen-bond donors (Lipinski definition) is 1. The highest BCUT2D eigenvalue weighted by atomic mass is 35.5. The van der Waals surface area contributed by atoms with Crippen molar-refractivity contribution < 1.29 is 9.59 Å². The molecule has 7 heteroatoms. The van der Waals surface area contributed by atoms with Gasteiger partial charge in [-0.15, -0.1) is 11.8 Å². The molecular weight excluding hydrogens is 466 g/mol. The Kier molecular flexibility index (Phi) is 5.61. The first-order valence-corrected chi connectivity index (χ1v) is 12.4. The van der Waals surface area contributed by atoms with Crippen LogP contribution in [0, 0.1) is 6.92 Å². The fraction of sp³-hybridized carbons (Fsp3) is 0.259. The predicted octanol–water partition coefficient (Wildman–Crippen LogP) is 6.41. The SMILES string of the molecule is Cc1ccccc1CN1C(=O)[C@]2(SC(C)(C)CN2C(=O)Nc2ccc(Cl)cc2)c2ccccc21. The number of benzene rings is 3. The quantitative estimate of drug-likeness (QED) is 0.460. The average molecular weight is 492 g/mol. The van der Waals surface area contributed by atoms with Gasteiger partial charge in [-0.05, 0) is 62.2 Å². The second-order valence-electron chi connectivity index (χ2n) is 9.36. The van der Waals surface area contributed by atoms with E-state index in [-0.39, 0.29) is 16.7 Å². The molecule has 5 rings (SSSR count). The molecule has 1 fully saturated rings. The lowest BCUT2D eigenvalue weighted by Crippen LogP contribution is -2.51. The number of nitrogens with zero attached hydrogens (tertiary/aromatic N) is 2. The molecule has 2 aliphatic heterocycles. The minimum Gasteiger partial charge on any atom is -0.308 e. The smallest absolute Gasteiger partial charge is 0.308 e. The lowest BCUT2D eigenvalue weighted by molar-refractivity contribution is -0.123. The van der Waals surface area contributed by atoms with Crippen LogP contribution in [0.1, 0.15) is 30.5 Å². The van der Waals surface area contributed by atoms with Gasteiger partial charge in [0.2, 0.25) is 0 Å². The molecule has 0 aliphatic carbocycles. The molecule has 0 saturated carbocycles. The number of nitrogens with one attached hydrogen (secondary N) is 1. The largest absolute Gasteiger partial charge is 0.323 e. The summed E-state index contributed by atoms with van der Waals surface area (Å²) in [4.78, 5) is 30.3. The van der Waals surface area contributed by atoms with Gasteiger partial charge < -0.3 is 10.2 Å².